The Morgan fingerprint density at radius 2 is 1.27 bits per heavy atom. The van der Waals surface area contributed by atoms with Crippen molar-refractivity contribution in [2.24, 2.45) is 11.8 Å². The van der Waals surface area contributed by atoms with Crippen molar-refractivity contribution in [2.75, 3.05) is 10.6 Å². The molecule has 2 N–H and O–H groups in total. The van der Waals surface area contributed by atoms with Crippen molar-refractivity contribution in [1.82, 2.24) is 0 Å². The summed E-state index contributed by atoms with van der Waals surface area (Å²) in [5, 5.41) is 5.92. The lowest BCUT2D eigenvalue weighted by Crippen LogP contribution is -2.28. The number of carbonyl (C=O) groups is 2. The number of hydrogen-bond donors (Lipinski definition) is 2. The van der Waals surface area contributed by atoms with Gasteiger partial charge in [-0.05, 0) is 77.6 Å². The van der Waals surface area contributed by atoms with Gasteiger partial charge in [0, 0.05) is 30.6 Å². The normalized spacial score (nSPS) is 13.9. The summed E-state index contributed by atoms with van der Waals surface area (Å²) in [6, 6.07) is 12.6. The van der Waals surface area contributed by atoms with Gasteiger partial charge in [0.05, 0.1) is 0 Å². The van der Waals surface area contributed by atoms with E-state index in [4.69, 9.17) is 0 Å². The first-order valence-electron chi connectivity index (χ1n) is 11.0. The van der Waals surface area contributed by atoms with Gasteiger partial charge in [-0.15, -0.1) is 0 Å². The van der Waals surface area contributed by atoms with Gasteiger partial charge in [-0.3, -0.25) is 9.59 Å². The van der Waals surface area contributed by atoms with E-state index in [9.17, 15) is 9.59 Å². The Labute approximate surface area is 180 Å². The van der Waals surface area contributed by atoms with Crippen molar-refractivity contribution in [2.45, 2.75) is 66.2 Å². The Balaban J connectivity index is 2.23. The quantitative estimate of drug-likeness (QED) is 0.563. The predicted octanol–water partition coefficient (Wildman–Crippen LogP) is 6.35. The number of carbonyl (C=O) groups excluding carboxylic acids is 2. The summed E-state index contributed by atoms with van der Waals surface area (Å²) in [5.41, 5.74) is 6.60. The molecule has 0 bridgehead atoms. The van der Waals surface area contributed by atoms with Crippen molar-refractivity contribution in [3.8, 4) is 11.1 Å². The van der Waals surface area contributed by atoms with Crippen LogP contribution in [0.2, 0.25) is 0 Å². The molecular weight excluding hydrogens is 372 g/mol. The minimum absolute atomic E-state index is 0.0601. The number of rotatable bonds is 7. The van der Waals surface area contributed by atoms with Crippen LogP contribution in [0.4, 0.5) is 11.4 Å². The first-order valence-corrected chi connectivity index (χ1v) is 11.0. The van der Waals surface area contributed by atoms with E-state index in [0.717, 1.165) is 30.6 Å². The van der Waals surface area contributed by atoms with Crippen LogP contribution < -0.4 is 10.6 Å². The van der Waals surface area contributed by atoms with Crippen molar-refractivity contribution in [1.29, 1.82) is 0 Å². The molecule has 0 fully saturated rings. The van der Waals surface area contributed by atoms with Crippen LogP contribution in [-0.4, -0.2) is 11.8 Å². The second-order valence-electron chi connectivity index (χ2n) is 9.50. The molecule has 4 heteroatoms. The monoisotopic (exact) mass is 406 g/mol. The average Bonchev–Trinajstić information content (AvgIpc) is 2.88. The minimum Gasteiger partial charge on any atom is -0.326 e. The van der Waals surface area contributed by atoms with Crippen LogP contribution in [0, 0.1) is 11.8 Å². The highest BCUT2D eigenvalue weighted by atomic mass is 16.2. The summed E-state index contributed by atoms with van der Waals surface area (Å²) >= 11 is 0. The molecule has 0 spiro atoms. The molecule has 2 aromatic carbocycles. The van der Waals surface area contributed by atoms with Crippen molar-refractivity contribution < 1.29 is 9.59 Å². The fraction of sp³-hybridized carbons (Fsp3) is 0.462. The second kappa shape index (κ2) is 8.63. The van der Waals surface area contributed by atoms with E-state index in [0.29, 0.717) is 11.8 Å². The van der Waals surface area contributed by atoms with E-state index in [1.54, 1.807) is 13.8 Å². The van der Waals surface area contributed by atoms with Crippen LogP contribution >= 0.6 is 0 Å². The Bertz CT molecular complexity index is 894. The van der Waals surface area contributed by atoms with Crippen molar-refractivity contribution in [3.05, 3.63) is 47.5 Å². The topological polar surface area (TPSA) is 58.2 Å². The number of fused-ring (bicyclic) bond motifs is 3. The fourth-order valence-corrected chi connectivity index (χ4v) is 4.88. The van der Waals surface area contributed by atoms with Crippen LogP contribution in [0.15, 0.2) is 36.4 Å². The van der Waals surface area contributed by atoms with Gasteiger partial charge >= 0.3 is 0 Å². The zero-order valence-electron chi connectivity index (χ0n) is 19.1. The zero-order chi connectivity index (χ0) is 22.1. The highest BCUT2D eigenvalue weighted by Gasteiger charge is 2.43. The van der Waals surface area contributed by atoms with Gasteiger partial charge in [0.2, 0.25) is 11.8 Å². The third kappa shape index (κ3) is 4.43. The molecule has 0 aliphatic heterocycles. The Kier molecular flexibility index (Phi) is 6.35. The maximum atomic E-state index is 11.7. The standard InChI is InChI=1S/C26H34N2O2/c1-16(2)11-12-26(15-17(3)4)24-13-20(27-18(5)29)7-9-22(24)23-10-8-21(14-25(23)26)28-19(6)30/h7-10,13-14,16-17H,11-12,15H2,1-6H3,(H,27,29)(H,28,30). The molecule has 0 unspecified atom stereocenters. The highest BCUT2D eigenvalue weighted by Crippen LogP contribution is 2.55. The van der Waals surface area contributed by atoms with Gasteiger partial charge in [0.25, 0.3) is 0 Å². The molecular formula is C26H34N2O2. The van der Waals surface area contributed by atoms with E-state index in [-0.39, 0.29) is 17.2 Å². The van der Waals surface area contributed by atoms with Gasteiger partial charge in [0.1, 0.15) is 0 Å². The molecule has 160 valence electrons. The van der Waals surface area contributed by atoms with Crippen LogP contribution in [0.25, 0.3) is 11.1 Å². The summed E-state index contributed by atoms with van der Waals surface area (Å²) in [5.74, 6) is 0.980. The SMILES string of the molecule is CC(=O)Nc1ccc2c(c1)C(CCC(C)C)(CC(C)C)c1cc(NC(C)=O)ccc1-2. The number of nitrogens with one attached hydrogen (secondary N) is 2. The maximum Gasteiger partial charge on any atom is 0.221 e. The first kappa shape index (κ1) is 22.1. The third-order valence-corrected chi connectivity index (χ3v) is 5.91. The second-order valence-corrected chi connectivity index (χ2v) is 9.50. The van der Waals surface area contributed by atoms with Crippen LogP contribution in [0.3, 0.4) is 0 Å². The predicted molar refractivity (Wildman–Crippen MR) is 125 cm³/mol. The Morgan fingerprint density at radius 1 is 0.800 bits per heavy atom. The molecule has 30 heavy (non-hydrogen) atoms. The molecule has 0 aromatic heterocycles. The lowest BCUT2D eigenvalue weighted by molar-refractivity contribution is -0.115. The average molecular weight is 407 g/mol. The van der Waals surface area contributed by atoms with E-state index in [1.165, 1.54) is 22.3 Å². The molecule has 0 saturated heterocycles. The van der Waals surface area contributed by atoms with Gasteiger partial charge in [0.15, 0.2) is 0 Å². The lowest BCUT2D eigenvalue weighted by Gasteiger charge is -2.35. The number of benzene rings is 2. The molecule has 0 heterocycles. The molecule has 0 saturated carbocycles. The molecule has 0 atom stereocenters. The first-order chi connectivity index (χ1) is 14.1. The molecule has 2 aromatic rings. The Hall–Kier alpha value is -2.62. The summed E-state index contributed by atoms with van der Waals surface area (Å²) in [6.45, 7) is 12.2. The summed E-state index contributed by atoms with van der Waals surface area (Å²) in [6.07, 6.45) is 3.17. The highest BCUT2D eigenvalue weighted by molar-refractivity contribution is 5.92. The van der Waals surface area contributed by atoms with Gasteiger partial charge in [-0.1, -0.05) is 39.8 Å². The summed E-state index contributed by atoms with van der Waals surface area (Å²) < 4.78 is 0. The number of anilines is 2. The minimum atomic E-state index is -0.133. The van der Waals surface area contributed by atoms with Gasteiger partial charge in [-0.2, -0.15) is 0 Å². The molecule has 0 radical (unpaired) electrons. The smallest absolute Gasteiger partial charge is 0.221 e. The molecule has 1 aliphatic rings. The van der Waals surface area contributed by atoms with E-state index >= 15 is 0 Å². The van der Waals surface area contributed by atoms with Gasteiger partial charge < -0.3 is 10.6 Å². The van der Waals surface area contributed by atoms with E-state index in [1.807, 2.05) is 12.1 Å². The largest absolute Gasteiger partial charge is 0.326 e. The zero-order valence-corrected chi connectivity index (χ0v) is 19.1. The van der Waals surface area contributed by atoms with E-state index < -0.39 is 0 Å². The van der Waals surface area contributed by atoms with E-state index in [2.05, 4.69) is 62.6 Å². The fourth-order valence-electron chi connectivity index (χ4n) is 4.88. The van der Waals surface area contributed by atoms with Crippen LogP contribution in [0.5, 0.6) is 0 Å². The van der Waals surface area contributed by atoms with Crippen molar-refractivity contribution >= 4 is 23.2 Å². The molecule has 1 aliphatic carbocycles. The van der Waals surface area contributed by atoms with Crippen molar-refractivity contribution in [3.63, 3.8) is 0 Å². The van der Waals surface area contributed by atoms with Crippen LogP contribution in [0.1, 0.15) is 71.9 Å². The summed E-state index contributed by atoms with van der Waals surface area (Å²) in [4.78, 5) is 23.4. The maximum absolute atomic E-state index is 11.7. The molecule has 4 nitrogen and oxygen atoms in total. The summed E-state index contributed by atoms with van der Waals surface area (Å²) in [7, 11) is 0. The molecule has 2 amide bonds. The lowest BCUT2D eigenvalue weighted by atomic mass is 9.68. The van der Waals surface area contributed by atoms with Crippen LogP contribution in [-0.2, 0) is 15.0 Å². The molecule has 3 rings (SSSR count). The Morgan fingerprint density at radius 3 is 1.63 bits per heavy atom. The third-order valence-electron chi connectivity index (χ3n) is 5.91. The number of hydrogen-bond acceptors (Lipinski definition) is 2. The number of amides is 2. The van der Waals surface area contributed by atoms with Gasteiger partial charge in [-0.25, -0.2) is 0 Å².